The maximum Gasteiger partial charge on any atom is 0.338 e. The number of anilines is 1. The Morgan fingerprint density at radius 1 is 1.10 bits per heavy atom. The second kappa shape index (κ2) is 5.54. The van der Waals surface area contributed by atoms with Gasteiger partial charge >= 0.3 is 5.97 Å². The summed E-state index contributed by atoms with van der Waals surface area (Å²) in [5, 5.41) is 30.6. The molecule has 2 aromatic carbocycles. The van der Waals surface area contributed by atoms with E-state index in [4.69, 9.17) is 0 Å². The van der Waals surface area contributed by atoms with Crippen LogP contribution in [-0.4, -0.2) is 27.2 Å². The van der Waals surface area contributed by atoms with Crippen LogP contribution >= 0.6 is 0 Å². The monoisotopic (exact) mass is 287 g/mol. The number of aromatic carboxylic acids is 1. The lowest BCUT2D eigenvalue weighted by molar-refractivity contribution is 0.0697. The number of rotatable bonds is 3. The minimum atomic E-state index is -1.16. The zero-order chi connectivity index (χ0) is 15.6. The maximum atomic E-state index is 12.1. The molecule has 6 heteroatoms. The van der Waals surface area contributed by atoms with Gasteiger partial charge in [-0.05, 0) is 36.8 Å². The molecule has 108 valence electrons. The smallest absolute Gasteiger partial charge is 0.338 e. The third-order valence-corrected chi connectivity index (χ3v) is 2.96. The van der Waals surface area contributed by atoms with Crippen molar-refractivity contribution in [2.45, 2.75) is 6.92 Å². The van der Waals surface area contributed by atoms with Crippen molar-refractivity contribution in [1.29, 1.82) is 0 Å². The average molecular weight is 287 g/mol. The van der Waals surface area contributed by atoms with Gasteiger partial charge in [0.05, 0.1) is 16.8 Å². The zero-order valence-corrected chi connectivity index (χ0v) is 11.1. The standard InChI is InChI=1S/C15H13NO5/c1-8-3-2-4-11(13(8)15(20)21)16-14(19)10-7-9(17)5-6-12(10)18/h2-7,17-18H,1H3,(H,16,19)(H,20,21). The summed E-state index contributed by atoms with van der Waals surface area (Å²) in [4.78, 5) is 23.3. The van der Waals surface area contributed by atoms with Crippen molar-refractivity contribution in [2.75, 3.05) is 5.32 Å². The van der Waals surface area contributed by atoms with Gasteiger partial charge in [-0.3, -0.25) is 4.79 Å². The Kier molecular flexibility index (Phi) is 3.80. The van der Waals surface area contributed by atoms with E-state index in [9.17, 15) is 24.9 Å². The molecule has 1 amide bonds. The van der Waals surface area contributed by atoms with Gasteiger partial charge in [0.25, 0.3) is 5.91 Å². The lowest BCUT2D eigenvalue weighted by Gasteiger charge is -2.11. The Labute approximate surface area is 120 Å². The second-order valence-electron chi connectivity index (χ2n) is 4.46. The average Bonchev–Trinajstić information content (AvgIpc) is 2.41. The first kappa shape index (κ1) is 14.4. The summed E-state index contributed by atoms with van der Waals surface area (Å²) in [7, 11) is 0. The highest BCUT2D eigenvalue weighted by Gasteiger charge is 2.17. The molecule has 0 unspecified atom stereocenters. The van der Waals surface area contributed by atoms with Crippen LogP contribution in [-0.2, 0) is 0 Å². The highest BCUT2D eigenvalue weighted by molar-refractivity contribution is 6.09. The largest absolute Gasteiger partial charge is 0.508 e. The predicted octanol–water partition coefficient (Wildman–Crippen LogP) is 2.36. The van der Waals surface area contributed by atoms with Gasteiger partial charge < -0.3 is 20.6 Å². The van der Waals surface area contributed by atoms with Crippen LogP contribution in [0.25, 0.3) is 0 Å². The third kappa shape index (κ3) is 2.94. The lowest BCUT2D eigenvalue weighted by Crippen LogP contribution is -2.15. The summed E-state index contributed by atoms with van der Waals surface area (Å²) >= 11 is 0. The molecule has 4 N–H and O–H groups in total. The highest BCUT2D eigenvalue weighted by Crippen LogP contribution is 2.25. The van der Waals surface area contributed by atoms with Gasteiger partial charge in [0.2, 0.25) is 0 Å². The van der Waals surface area contributed by atoms with Gasteiger partial charge in [-0.25, -0.2) is 4.79 Å². The van der Waals surface area contributed by atoms with E-state index in [0.717, 1.165) is 6.07 Å². The van der Waals surface area contributed by atoms with Gasteiger partial charge in [-0.15, -0.1) is 0 Å². The quantitative estimate of drug-likeness (QED) is 0.648. The Morgan fingerprint density at radius 3 is 2.48 bits per heavy atom. The van der Waals surface area contributed by atoms with Gasteiger partial charge in [-0.1, -0.05) is 12.1 Å². The van der Waals surface area contributed by atoms with Crippen LogP contribution in [0.5, 0.6) is 11.5 Å². The molecule has 2 aromatic rings. The van der Waals surface area contributed by atoms with Crippen molar-refractivity contribution in [3.05, 3.63) is 53.1 Å². The Bertz CT molecular complexity index is 724. The van der Waals surface area contributed by atoms with Gasteiger partial charge in [-0.2, -0.15) is 0 Å². The molecule has 0 fully saturated rings. The number of phenolic OH excluding ortho intramolecular Hbond substituents is 2. The second-order valence-corrected chi connectivity index (χ2v) is 4.46. The molecule has 0 radical (unpaired) electrons. The molecule has 0 saturated heterocycles. The van der Waals surface area contributed by atoms with Crippen LogP contribution in [0.3, 0.4) is 0 Å². The number of nitrogens with one attached hydrogen (secondary N) is 1. The zero-order valence-electron chi connectivity index (χ0n) is 11.1. The fraction of sp³-hybridized carbons (Fsp3) is 0.0667. The normalized spacial score (nSPS) is 10.1. The summed E-state index contributed by atoms with van der Waals surface area (Å²) in [6, 6.07) is 8.19. The molecule has 0 aromatic heterocycles. The van der Waals surface area contributed by atoms with Crippen molar-refractivity contribution in [3.63, 3.8) is 0 Å². The number of carbonyl (C=O) groups is 2. The summed E-state index contributed by atoms with van der Waals surface area (Å²) in [5.74, 6) is -2.37. The molecule has 0 atom stereocenters. The summed E-state index contributed by atoms with van der Waals surface area (Å²) in [6.07, 6.45) is 0. The van der Waals surface area contributed by atoms with Crippen molar-refractivity contribution in [2.24, 2.45) is 0 Å². The number of benzene rings is 2. The minimum Gasteiger partial charge on any atom is -0.508 e. The van der Waals surface area contributed by atoms with Crippen LogP contribution in [0.4, 0.5) is 5.69 Å². The van der Waals surface area contributed by atoms with Crippen LogP contribution in [0.2, 0.25) is 0 Å². The van der Waals surface area contributed by atoms with Crippen molar-refractivity contribution >= 4 is 17.6 Å². The minimum absolute atomic E-state index is 0.0227. The fourth-order valence-electron chi connectivity index (χ4n) is 1.95. The first-order chi connectivity index (χ1) is 9.90. The van der Waals surface area contributed by atoms with Crippen LogP contribution < -0.4 is 5.32 Å². The number of hydrogen-bond acceptors (Lipinski definition) is 4. The van der Waals surface area contributed by atoms with Crippen molar-refractivity contribution in [3.8, 4) is 11.5 Å². The Morgan fingerprint density at radius 2 is 1.81 bits per heavy atom. The number of aryl methyl sites for hydroxylation is 1. The molecule has 0 aliphatic carbocycles. The number of carboxylic acids is 1. The molecular weight excluding hydrogens is 274 g/mol. The molecule has 0 saturated carbocycles. The van der Waals surface area contributed by atoms with Crippen LogP contribution in [0, 0.1) is 6.92 Å². The SMILES string of the molecule is Cc1cccc(NC(=O)c2cc(O)ccc2O)c1C(=O)O. The molecule has 0 heterocycles. The molecule has 0 bridgehead atoms. The first-order valence-electron chi connectivity index (χ1n) is 6.06. The number of amides is 1. The van der Waals surface area contributed by atoms with Crippen LogP contribution in [0.15, 0.2) is 36.4 Å². The molecule has 21 heavy (non-hydrogen) atoms. The number of hydrogen-bond donors (Lipinski definition) is 4. The van der Waals surface area contributed by atoms with Gasteiger partial charge in [0.1, 0.15) is 11.5 Å². The molecule has 2 rings (SSSR count). The van der Waals surface area contributed by atoms with E-state index in [2.05, 4.69) is 5.32 Å². The Hall–Kier alpha value is -3.02. The number of carbonyl (C=O) groups excluding carboxylic acids is 1. The molecule has 0 spiro atoms. The predicted molar refractivity (Wildman–Crippen MR) is 75.9 cm³/mol. The van der Waals surface area contributed by atoms with Gasteiger partial charge in [0, 0.05) is 0 Å². The van der Waals surface area contributed by atoms with E-state index >= 15 is 0 Å². The van der Waals surface area contributed by atoms with E-state index in [1.165, 1.54) is 18.2 Å². The van der Waals surface area contributed by atoms with E-state index in [0.29, 0.717) is 5.56 Å². The number of carboxylic acid groups (broad SMARTS) is 1. The van der Waals surface area contributed by atoms with Gasteiger partial charge in [0.15, 0.2) is 0 Å². The Balaban J connectivity index is 2.39. The van der Waals surface area contributed by atoms with Crippen molar-refractivity contribution in [1.82, 2.24) is 0 Å². The number of aromatic hydroxyl groups is 2. The summed E-state index contributed by atoms with van der Waals surface area (Å²) in [5.41, 5.74) is 0.453. The van der Waals surface area contributed by atoms with E-state index in [-0.39, 0.29) is 28.3 Å². The van der Waals surface area contributed by atoms with Crippen LogP contribution in [0.1, 0.15) is 26.3 Å². The van der Waals surface area contributed by atoms with Crippen molar-refractivity contribution < 1.29 is 24.9 Å². The highest BCUT2D eigenvalue weighted by atomic mass is 16.4. The van der Waals surface area contributed by atoms with E-state index < -0.39 is 11.9 Å². The number of phenols is 2. The fourth-order valence-corrected chi connectivity index (χ4v) is 1.95. The van der Waals surface area contributed by atoms with E-state index in [1.807, 2.05) is 0 Å². The lowest BCUT2D eigenvalue weighted by atomic mass is 10.1. The topological polar surface area (TPSA) is 107 Å². The van der Waals surface area contributed by atoms with E-state index in [1.54, 1.807) is 19.1 Å². The summed E-state index contributed by atoms with van der Waals surface area (Å²) < 4.78 is 0. The third-order valence-electron chi connectivity index (χ3n) is 2.96. The molecule has 6 nitrogen and oxygen atoms in total. The molecule has 0 aliphatic heterocycles. The summed E-state index contributed by atoms with van der Waals surface area (Å²) in [6.45, 7) is 1.62. The molecule has 0 aliphatic rings. The maximum absolute atomic E-state index is 12.1. The first-order valence-corrected chi connectivity index (χ1v) is 6.06. The molecular formula is C15H13NO5.